The molecule has 1 heterocycles. The highest BCUT2D eigenvalue weighted by molar-refractivity contribution is 5.84. The van der Waals surface area contributed by atoms with E-state index in [4.69, 9.17) is 9.84 Å². The van der Waals surface area contributed by atoms with Crippen molar-refractivity contribution >= 4 is 10.9 Å². The van der Waals surface area contributed by atoms with Crippen molar-refractivity contribution in [2.24, 2.45) is 0 Å². The van der Waals surface area contributed by atoms with Crippen LogP contribution in [0.2, 0.25) is 0 Å². The average Bonchev–Trinajstić information content (AvgIpc) is 3.08. The quantitative estimate of drug-likeness (QED) is 0.427. The monoisotopic (exact) mass is 356 g/mol. The molecule has 3 heteroatoms. The maximum atomic E-state index is 5.93. The van der Waals surface area contributed by atoms with Crippen LogP contribution in [0.1, 0.15) is 30.4 Å². The molecule has 0 saturated carbocycles. The van der Waals surface area contributed by atoms with Gasteiger partial charge in [0.05, 0.1) is 17.5 Å². The molecular formula is C24H24N2O. The molecule has 0 fully saturated rings. The second kappa shape index (κ2) is 8.09. The normalized spacial score (nSPS) is 11.2. The molecule has 0 saturated heterocycles. The zero-order chi connectivity index (χ0) is 18.5. The minimum absolute atomic E-state index is 0.328. The topological polar surface area (TPSA) is 27.1 Å². The molecule has 0 amide bonds. The molecule has 0 spiro atoms. The summed E-state index contributed by atoms with van der Waals surface area (Å²) in [6.45, 7) is 3.46. The van der Waals surface area contributed by atoms with Gasteiger partial charge in [-0.25, -0.2) is 4.68 Å². The first-order valence-corrected chi connectivity index (χ1v) is 9.55. The van der Waals surface area contributed by atoms with Crippen LogP contribution in [-0.2, 0) is 6.54 Å². The second-order valence-corrected chi connectivity index (χ2v) is 6.64. The molecular weight excluding hydrogens is 332 g/mol. The van der Waals surface area contributed by atoms with Crippen molar-refractivity contribution in [3.63, 3.8) is 0 Å². The maximum absolute atomic E-state index is 5.93. The fourth-order valence-corrected chi connectivity index (χ4v) is 3.64. The Bertz CT molecular complexity index is 953. The molecule has 0 unspecified atom stereocenters. The lowest BCUT2D eigenvalue weighted by Gasteiger charge is -2.19. The highest BCUT2D eigenvalue weighted by atomic mass is 16.5. The van der Waals surface area contributed by atoms with E-state index in [0.29, 0.717) is 12.5 Å². The number of rotatable bonds is 7. The number of fused-ring (bicyclic) bond motifs is 1. The number of hydrogen-bond acceptors (Lipinski definition) is 2. The van der Waals surface area contributed by atoms with Crippen LogP contribution >= 0.6 is 0 Å². The number of benzene rings is 3. The largest absolute Gasteiger partial charge is 0.478 e. The lowest BCUT2D eigenvalue weighted by atomic mass is 9.88. The van der Waals surface area contributed by atoms with Crippen molar-refractivity contribution < 1.29 is 4.74 Å². The van der Waals surface area contributed by atoms with E-state index in [0.717, 1.165) is 29.7 Å². The van der Waals surface area contributed by atoms with Crippen LogP contribution in [0.15, 0.2) is 84.9 Å². The van der Waals surface area contributed by atoms with Gasteiger partial charge in [0.1, 0.15) is 0 Å². The van der Waals surface area contributed by atoms with Crippen molar-refractivity contribution in [3.8, 4) is 5.88 Å². The van der Waals surface area contributed by atoms with E-state index in [-0.39, 0.29) is 0 Å². The summed E-state index contributed by atoms with van der Waals surface area (Å²) < 4.78 is 7.96. The van der Waals surface area contributed by atoms with Crippen LogP contribution in [0.3, 0.4) is 0 Å². The van der Waals surface area contributed by atoms with Gasteiger partial charge < -0.3 is 4.74 Å². The minimum atomic E-state index is 0.328. The van der Waals surface area contributed by atoms with Gasteiger partial charge >= 0.3 is 0 Å². The average molecular weight is 356 g/mol. The first-order chi connectivity index (χ1) is 13.4. The molecule has 3 aromatic carbocycles. The van der Waals surface area contributed by atoms with Crippen LogP contribution in [-0.4, -0.2) is 16.4 Å². The third kappa shape index (κ3) is 3.72. The molecule has 0 aliphatic rings. The van der Waals surface area contributed by atoms with Crippen LogP contribution in [0.4, 0.5) is 0 Å². The maximum Gasteiger partial charge on any atom is 0.219 e. The first kappa shape index (κ1) is 17.3. The van der Waals surface area contributed by atoms with Gasteiger partial charge in [0, 0.05) is 12.5 Å². The molecule has 3 nitrogen and oxygen atoms in total. The molecule has 136 valence electrons. The summed E-state index contributed by atoms with van der Waals surface area (Å²) in [5.74, 6) is 1.20. The Kier molecular flexibility index (Phi) is 5.20. The van der Waals surface area contributed by atoms with Crippen LogP contribution in [0, 0.1) is 0 Å². The Labute approximate surface area is 160 Å². The van der Waals surface area contributed by atoms with Gasteiger partial charge in [-0.05, 0) is 36.6 Å². The molecule has 4 aromatic rings. The summed E-state index contributed by atoms with van der Waals surface area (Å²) in [5, 5.41) is 5.86. The van der Waals surface area contributed by atoms with Gasteiger partial charge in [-0.15, -0.1) is 0 Å². The van der Waals surface area contributed by atoms with Gasteiger partial charge in [-0.2, -0.15) is 5.10 Å². The molecule has 0 aliphatic heterocycles. The third-order valence-electron chi connectivity index (χ3n) is 4.91. The zero-order valence-electron chi connectivity index (χ0n) is 15.6. The summed E-state index contributed by atoms with van der Waals surface area (Å²) in [6, 6.07) is 29.6. The van der Waals surface area contributed by atoms with Crippen LogP contribution < -0.4 is 4.74 Å². The zero-order valence-corrected chi connectivity index (χ0v) is 15.6. The molecule has 0 bridgehead atoms. The second-order valence-electron chi connectivity index (χ2n) is 6.64. The van der Waals surface area contributed by atoms with Crippen molar-refractivity contribution in [2.75, 3.05) is 6.61 Å². The highest BCUT2D eigenvalue weighted by Crippen LogP contribution is 2.31. The van der Waals surface area contributed by atoms with E-state index in [1.807, 2.05) is 29.8 Å². The Morgan fingerprint density at radius 3 is 2.04 bits per heavy atom. The standard InChI is InChI=1S/C24H24N2O/c1-2-27-24-22-15-9-10-16-23(22)25-26(24)18-17-21(19-11-5-3-6-12-19)20-13-7-4-8-14-20/h3-16,21H,2,17-18H2,1H3. The van der Waals surface area contributed by atoms with Crippen molar-refractivity contribution in [1.29, 1.82) is 0 Å². The Balaban J connectivity index is 1.65. The highest BCUT2D eigenvalue weighted by Gasteiger charge is 2.17. The summed E-state index contributed by atoms with van der Waals surface area (Å²) >= 11 is 0. The molecule has 0 atom stereocenters. The lowest BCUT2D eigenvalue weighted by molar-refractivity contribution is 0.302. The SMILES string of the molecule is CCOc1c2ccccc2nn1CCC(c1ccccc1)c1ccccc1. The van der Waals surface area contributed by atoms with E-state index < -0.39 is 0 Å². The molecule has 0 radical (unpaired) electrons. The molecule has 0 aliphatic carbocycles. The van der Waals surface area contributed by atoms with Gasteiger partial charge in [0.15, 0.2) is 0 Å². The van der Waals surface area contributed by atoms with E-state index in [1.54, 1.807) is 0 Å². The Morgan fingerprint density at radius 2 is 1.41 bits per heavy atom. The van der Waals surface area contributed by atoms with Gasteiger partial charge in [-0.3, -0.25) is 0 Å². The summed E-state index contributed by atoms with van der Waals surface area (Å²) in [4.78, 5) is 0. The number of aryl methyl sites for hydroxylation is 1. The van der Waals surface area contributed by atoms with Crippen LogP contribution in [0.25, 0.3) is 10.9 Å². The van der Waals surface area contributed by atoms with E-state index in [1.165, 1.54) is 11.1 Å². The first-order valence-electron chi connectivity index (χ1n) is 9.55. The molecule has 27 heavy (non-hydrogen) atoms. The van der Waals surface area contributed by atoms with Crippen molar-refractivity contribution in [2.45, 2.75) is 25.8 Å². The third-order valence-corrected chi connectivity index (χ3v) is 4.91. The molecule has 4 rings (SSSR count). The summed E-state index contributed by atoms with van der Waals surface area (Å²) in [7, 11) is 0. The fraction of sp³-hybridized carbons (Fsp3) is 0.208. The van der Waals surface area contributed by atoms with E-state index in [2.05, 4.69) is 66.7 Å². The van der Waals surface area contributed by atoms with Gasteiger partial charge in [0.2, 0.25) is 5.88 Å². The summed E-state index contributed by atoms with van der Waals surface area (Å²) in [5.41, 5.74) is 3.65. The number of nitrogens with zero attached hydrogens (tertiary/aromatic N) is 2. The molecule has 1 aromatic heterocycles. The summed E-state index contributed by atoms with van der Waals surface area (Å²) in [6.07, 6.45) is 0.960. The Morgan fingerprint density at radius 1 is 0.815 bits per heavy atom. The van der Waals surface area contributed by atoms with Crippen molar-refractivity contribution in [1.82, 2.24) is 9.78 Å². The Hall–Kier alpha value is -3.07. The minimum Gasteiger partial charge on any atom is -0.478 e. The number of aromatic nitrogens is 2. The number of ether oxygens (including phenoxy) is 1. The van der Waals surface area contributed by atoms with Crippen LogP contribution in [0.5, 0.6) is 5.88 Å². The molecule has 0 N–H and O–H groups in total. The van der Waals surface area contributed by atoms with E-state index >= 15 is 0 Å². The van der Waals surface area contributed by atoms with Gasteiger partial charge in [0.25, 0.3) is 0 Å². The van der Waals surface area contributed by atoms with Crippen molar-refractivity contribution in [3.05, 3.63) is 96.1 Å². The number of hydrogen-bond donors (Lipinski definition) is 0. The lowest BCUT2D eigenvalue weighted by Crippen LogP contribution is -2.10. The predicted molar refractivity (Wildman–Crippen MR) is 110 cm³/mol. The smallest absolute Gasteiger partial charge is 0.219 e. The van der Waals surface area contributed by atoms with Gasteiger partial charge in [-0.1, -0.05) is 72.8 Å². The fourth-order valence-electron chi connectivity index (χ4n) is 3.64. The van der Waals surface area contributed by atoms with E-state index in [9.17, 15) is 0 Å². The predicted octanol–water partition coefficient (Wildman–Crippen LogP) is 5.66.